The maximum atomic E-state index is 7.00. The number of aliphatic hydroxyl groups excluding tert-OH is 1. The molecule has 126 valence electrons. The Bertz CT molecular complexity index is 999. The van der Waals surface area contributed by atoms with E-state index in [0.29, 0.717) is 5.92 Å². The molecule has 0 aliphatic heterocycles. The van der Waals surface area contributed by atoms with E-state index >= 15 is 0 Å². The summed E-state index contributed by atoms with van der Waals surface area (Å²) in [7, 11) is 1.00. The third-order valence-electron chi connectivity index (χ3n) is 5.29. The van der Waals surface area contributed by atoms with Gasteiger partial charge in [-0.25, -0.2) is 0 Å². The number of hydrogen-bond donors (Lipinski definition) is 1. The highest BCUT2D eigenvalue weighted by molar-refractivity contribution is 6.08. The highest BCUT2D eigenvalue weighted by Crippen LogP contribution is 2.38. The minimum Gasteiger partial charge on any atom is -0.469 e. The molecule has 1 unspecified atom stereocenters. The first-order valence-electron chi connectivity index (χ1n) is 8.80. The van der Waals surface area contributed by atoms with Crippen molar-refractivity contribution >= 4 is 21.5 Å². The second-order valence-electron chi connectivity index (χ2n) is 6.54. The molecule has 0 saturated carbocycles. The molecule has 1 N–H and O–H groups in total. The molecular formula is C23H22O2. The van der Waals surface area contributed by atoms with E-state index in [9.17, 15) is 0 Å². The third kappa shape index (κ3) is 2.73. The van der Waals surface area contributed by atoms with Gasteiger partial charge in [-0.05, 0) is 64.1 Å². The molecule has 3 aromatic carbocycles. The SMILES string of the molecule is CO.c1coc(C2CCc3ccc4c(ccc5ccccc54)c3C2)c1. The summed E-state index contributed by atoms with van der Waals surface area (Å²) in [5.74, 6) is 1.64. The molecule has 0 spiro atoms. The largest absolute Gasteiger partial charge is 0.469 e. The number of hydrogen-bond acceptors (Lipinski definition) is 2. The fourth-order valence-corrected chi connectivity index (χ4v) is 4.12. The van der Waals surface area contributed by atoms with Gasteiger partial charge in [-0.3, -0.25) is 0 Å². The lowest BCUT2D eigenvalue weighted by molar-refractivity contribution is 0.399. The second kappa shape index (κ2) is 6.73. The molecule has 2 nitrogen and oxygen atoms in total. The van der Waals surface area contributed by atoms with Crippen LogP contribution >= 0.6 is 0 Å². The van der Waals surface area contributed by atoms with Gasteiger partial charge in [0.2, 0.25) is 0 Å². The fraction of sp³-hybridized carbons (Fsp3) is 0.217. The molecule has 1 aliphatic carbocycles. The minimum absolute atomic E-state index is 0.509. The molecule has 4 aromatic rings. The number of benzene rings is 3. The molecule has 1 aliphatic rings. The Morgan fingerprint density at radius 3 is 2.52 bits per heavy atom. The van der Waals surface area contributed by atoms with Crippen LogP contribution in [0.2, 0.25) is 0 Å². The van der Waals surface area contributed by atoms with Crippen molar-refractivity contribution in [1.82, 2.24) is 0 Å². The third-order valence-corrected chi connectivity index (χ3v) is 5.29. The van der Waals surface area contributed by atoms with Gasteiger partial charge < -0.3 is 9.52 Å². The molecule has 0 bridgehead atoms. The van der Waals surface area contributed by atoms with Crippen LogP contribution in [0.1, 0.15) is 29.2 Å². The monoisotopic (exact) mass is 330 g/mol. The van der Waals surface area contributed by atoms with Gasteiger partial charge in [0, 0.05) is 13.0 Å². The average molecular weight is 330 g/mol. The Labute approximate surface area is 147 Å². The number of rotatable bonds is 1. The molecule has 0 amide bonds. The van der Waals surface area contributed by atoms with E-state index in [1.165, 1.54) is 39.1 Å². The number of aliphatic hydroxyl groups is 1. The fourth-order valence-electron chi connectivity index (χ4n) is 4.12. The normalized spacial score (nSPS) is 16.3. The van der Waals surface area contributed by atoms with Crippen molar-refractivity contribution in [3.63, 3.8) is 0 Å². The van der Waals surface area contributed by atoms with Crippen LogP contribution in [0.3, 0.4) is 0 Å². The van der Waals surface area contributed by atoms with Crippen molar-refractivity contribution in [3.05, 3.63) is 83.8 Å². The molecular weight excluding hydrogens is 308 g/mol. The summed E-state index contributed by atoms with van der Waals surface area (Å²) >= 11 is 0. The first-order valence-corrected chi connectivity index (χ1v) is 8.80. The van der Waals surface area contributed by atoms with Crippen molar-refractivity contribution in [2.24, 2.45) is 0 Å². The minimum atomic E-state index is 0.509. The van der Waals surface area contributed by atoms with E-state index in [1.807, 2.05) is 6.07 Å². The zero-order chi connectivity index (χ0) is 17.2. The molecule has 1 aromatic heterocycles. The Kier molecular flexibility index (Phi) is 4.29. The summed E-state index contributed by atoms with van der Waals surface area (Å²) in [6.45, 7) is 0. The van der Waals surface area contributed by atoms with Crippen LogP contribution in [0.4, 0.5) is 0 Å². The van der Waals surface area contributed by atoms with E-state index in [2.05, 4.69) is 54.6 Å². The van der Waals surface area contributed by atoms with Crippen LogP contribution in [-0.2, 0) is 12.8 Å². The van der Waals surface area contributed by atoms with Gasteiger partial charge in [-0.1, -0.05) is 48.5 Å². The van der Waals surface area contributed by atoms with Crippen LogP contribution in [0.5, 0.6) is 0 Å². The lowest BCUT2D eigenvalue weighted by Crippen LogP contribution is -2.12. The van der Waals surface area contributed by atoms with Crippen molar-refractivity contribution in [1.29, 1.82) is 0 Å². The van der Waals surface area contributed by atoms with E-state index in [0.717, 1.165) is 25.7 Å². The Morgan fingerprint density at radius 1 is 0.840 bits per heavy atom. The second-order valence-corrected chi connectivity index (χ2v) is 6.54. The Hall–Kier alpha value is -2.58. The van der Waals surface area contributed by atoms with E-state index in [-0.39, 0.29) is 0 Å². The zero-order valence-corrected chi connectivity index (χ0v) is 14.4. The lowest BCUT2D eigenvalue weighted by atomic mass is 9.80. The smallest absolute Gasteiger partial charge is 0.107 e. The molecule has 2 heteroatoms. The maximum Gasteiger partial charge on any atom is 0.107 e. The number of aryl methyl sites for hydroxylation is 1. The van der Waals surface area contributed by atoms with Crippen LogP contribution < -0.4 is 0 Å². The molecule has 0 radical (unpaired) electrons. The van der Waals surface area contributed by atoms with Gasteiger partial charge in [0.15, 0.2) is 0 Å². The zero-order valence-electron chi connectivity index (χ0n) is 14.4. The number of fused-ring (bicyclic) bond motifs is 5. The standard InChI is InChI=1S/C22H18O.CH4O/c1-2-5-18-15(4-1)9-12-20-19(18)11-10-16-7-8-17(14-21(16)20)22-6-3-13-23-22;1-2/h1-6,9-13,17H,7-8,14H2;2H,1H3. The summed E-state index contributed by atoms with van der Waals surface area (Å²) in [5, 5.41) is 12.5. The van der Waals surface area contributed by atoms with Crippen molar-refractivity contribution in [3.8, 4) is 0 Å². The summed E-state index contributed by atoms with van der Waals surface area (Å²) in [5.41, 5.74) is 3.02. The van der Waals surface area contributed by atoms with Crippen LogP contribution in [0.15, 0.2) is 71.3 Å². The molecule has 1 atom stereocenters. The highest BCUT2D eigenvalue weighted by atomic mass is 16.3. The summed E-state index contributed by atoms with van der Waals surface area (Å²) in [6, 6.07) is 22.0. The van der Waals surface area contributed by atoms with E-state index < -0.39 is 0 Å². The van der Waals surface area contributed by atoms with Crippen molar-refractivity contribution < 1.29 is 9.52 Å². The van der Waals surface area contributed by atoms with Crippen LogP contribution in [0, 0.1) is 0 Å². The highest BCUT2D eigenvalue weighted by Gasteiger charge is 2.23. The van der Waals surface area contributed by atoms with Gasteiger partial charge in [0.1, 0.15) is 5.76 Å². The first kappa shape index (κ1) is 15.9. The predicted molar refractivity (Wildman–Crippen MR) is 103 cm³/mol. The van der Waals surface area contributed by atoms with Crippen molar-refractivity contribution in [2.45, 2.75) is 25.2 Å². The predicted octanol–water partition coefficient (Wildman–Crippen LogP) is 5.47. The van der Waals surface area contributed by atoms with Crippen molar-refractivity contribution in [2.75, 3.05) is 7.11 Å². The molecule has 25 heavy (non-hydrogen) atoms. The topological polar surface area (TPSA) is 33.4 Å². The van der Waals surface area contributed by atoms with Gasteiger partial charge in [-0.2, -0.15) is 0 Å². The summed E-state index contributed by atoms with van der Waals surface area (Å²) in [4.78, 5) is 0. The van der Waals surface area contributed by atoms with Gasteiger partial charge in [0.05, 0.1) is 6.26 Å². The molecule has 0 saturated heterocycles. The summed E-state index contributed by atoms with van der Waals surface area (Å²) < 4.78 is 5.67. The van der Waals surface area contributed by atoms with Gasteiger partial charge >= 0.3 is 0 Å². The quantitative estimate of drug-likeness (QED) is 0.470. The summed E-state index contributed by atoms with van der Waals surface area (Å²) in [6.07, 6.45) is 5.20. The molecule has 0 fully saturated rings. The Morgan fingerprint density at radius 2 is 1.68 bits per heavy atom. The van der Waals surface area contributed by atoms with Gasteiger partial charge in [-0.15, -0.1) is 0 Å². The molecule has 1 heterocycles. The molecule has 5 rings (SSSR count). The van der Waals surface area contributed by atoms with E-state index in [1.54, 1.807) is 6.26 Å². The average Bonchev–Trinajstić information content (AvgIpc) is 3.23. The number of furan rings is 1. The van der Waals surface area contributed by atoms with Gasteiger partial charge in [0.25, 0.3) is 0 Å². The van der Waals surface area contributed by atoms with Crippen LogP contribution in [0.25, 0.3) is 21.5 Å². The first-order chi connectivity index (χ1) is 12.4. The van der Waals surface area contributed by atoms with Crippen LogP contribution in [-0.4, -0.2) is 12.2 Å². The Balaban J connectivity index is 0.000000758. The van der Waals surface area contributed by atoms with E-state index in [4.69, 9.17) is 9.52 Å². The lowest BCUT2D eigenvalue weighted by Gasteiger charge is -2.25. The maximum absolute atomic E-state index is 7.00.